The summed E-state index contributed by atoms with van der Waals surface area (Å²) in [6, 6.07) is 3.91. The van der Waals surface area contributed by atoms with Gasteiger partial charge in [-0.2, -0.15) is 0 Å². The van der Waals surface area contributed by atoms with E-state index in [-0.39, 0.29) is 0 Å². The van der Waals surface area contributed by atoms with Crippen LogP contribution in [0.1, 0.15) is 38.5 Å². The number of hydrogen-bond acceptors (Lipinski definition) is 3. The maximum Gasteiger partial charge on any atom is 0.0957 e. The molecule has 3 heteroatoms. The molecule has 0 saturated heterocycles. The van der Waals surface area contributed by atoms with Crippen LogP contribution < -0.4 is 4.90 Å². The molecule has 0 spiro atoms. The Labute approximate surface area is 104 Å². The van der Waals surface area contributed by atoms with Gasteiger partial charge in [0.25, 0.3) is 0 Å². The number of anilines is 1. The van der Waals surface area contributed by atoms with Crippen molar-refractivity contribution in [2.24, 2.45) is 0 Å². The van der Waals surface area contributed by atoms with E-state index >= 15 is 0 Å². The average Bonchev–Trinajstić information content (AvgIpc) is 2.38. The number of hydrogen-bond donors (Lipinski definition) is 1. The van der Waals surface area contributed by atoms with Gasteiger partial charge >= 0.3 is 0 Å². The van der Waals surface area contributed by atoms with Crippen LogP contribution in [-0.4, -0.2) is 23.2 Å². The molecular weight excluding hydrogens is 212 g/mol. The summed E-state index contributed by atoms with van der Waals surface area (Å²) in [7, 11) is 0. The fourth-order valence-electron chi connectivity index (χ4n) is 1.74. The molecule has 1 unspecified atom stereocenters. The van der Waals surface area contributed by atoms with Gasteiger partial charge in [-0.1, -0.05) is 19.9 Å². The quantitative estimate of drug-likeness (QED) is 0.737. The summed E-state index contributed by atoms with van der Waals surface area (Å²) >= 11 is 0. The van der Waals surface area contributed by atoms with Crippen molar-refractivity contribution in [2.75, 3.05) is 18.0 Å². The average molecular weight is 234 g/mol. The molecule has 1 aromatic heterocycles. The van der Waals surface area contributed by atoms with Gasteiger partial charge in [-0.3, -0.25) is 4.98 Å². The van der Waals surface area contributed by atoms with Gasteiger partial charge in [0.05, 0.1) is 23.7 Å². The first-order valence-electron chi connectivity index (χ1n) is 6.22. The van der Waals surface area contributed by atoms with Crippen LogP contribution in [0.15, 0.2) is 31.0 Å². The van der Waals surface area contributed by atoms with Crippen LogP contribution in [0, 0.1) is 0 Å². The summed E-state index contributed by atoms with van der Waals surface area (Å²) in [6.45, 7) is 9.68. The van der Waals surface area contributed by atoms with E-state index in [4.69, 9.17) is 0 Å². The molecular formula is C14H22N2O. The van der Waals surface area contributed by atoms with E-state index in [2.05, 4.69) is 23.4 Å². The number of rotatable bonds is 7. The minimum atomic E-state index is -0.455. The lowest BCUT2D eigenvalue weighted by Gasteiger charge is -2.22. The summed E-state index contributed by atoms with van der Waals surface area (Å²) < 4.78 is 0. The first kappa shape index (κ1) is 13.7. The summed E-state index contributed by atoms with van der Waals surface area (Å²) in [4.78, 5) is 6.53. The number of aliphatic hydroxyl groups is 1. The largest absolute Gasteiger partial charge is 0.387 e. The van der Waals surface area contributed by atoms with Crippen molar-refractivity contribution in [1.29, 1.82) is 0 Å². The maximum atomic E-state index is 9.67. The van der Waals surface area contributed by atoms with Gasteiger partial charge in [-0.05, 0) is 25.0 Å². The molecule has 0 aliphatic rings. The molecule has 0 bridgehead atoms. The minimum Gasteiger partial charge on any atom is -0.387 e. The first-order chi connectivity index (χ1) is 8.22. The van der Waals surface area contributed by atoms with Crippen molar-refractivity contribution >= 4 is 5.69 Å². The lowest BCUT2D eigenvalue weighted by Crippen LogP contribution is -2.24. The van der Waals surface area contributed by atoms with Crippen molar-refractivity contribution in [3.8, 4) is 0 Å². The van der Waals surface area contributed by atoms with Crippen molar-refractivity contribution in [1.82, 2.24) is 4.98 Å². The molecule has 0 aromatic carbocycles. The third-order valence-electron chi connectivity index (χ3n) is 2.71. The van der Waals surface area contributed by atoms with E-state index in [0.29, 0.717) is 6.42 Å². The second-order valence-corrected chi connectivity index (χ2v) is 4.10. The lowest BCUT2D eigenvalue weighted by atomic mass is 10.2. The number of aromatic nitrogens is 1. The molecule has 0 fully saturated rings. The maximum absolute atomic E-state index is 9.67. The van der Waals surface area contributed by atoms with Crippen molar-refractivity contribution < 1.29 is 5.11 Å². The molecule has 0 aliphatic heterocycles. The van der Waals surface area contributed by atoms with Crippen molar-refractivity contribution in [3.63, 3.8) is 0 Å². The summed E-state index contributed by atoms with van der Waals surface area (Å²) in [5.74, 6) is 0. The highest BCUT2D eigenvalue weighted by atomic mass is 16.3. The molecule has 0 saturated carbocycles. The highest BCUT2D eigenvalue weighted by Gasteiger charge is 2.08. The molecule has 0 radical (unpaired) electrons. The van der Waals surface area contributed by atoms with E-state index in [1.165, 1.54) is 0 Å². The Morgan fingerprint density at radius 1 is 1.47 bits per heavy atom. The molecule has 0 aliphatic carbocycles. The third-order valence-corrected chi connectivity index (χ3v) is 2.71. The van der Waals surface area contributed by atoms with E-state index in [1.54, 1.807) is 0 Å². The van der Waals surface area contributed by atoms with Crippen LogP contribution >= 0.6 is 0 Å². The van der Waals surface area contributed by atoms with Gasteiger partial charge in [-0.15, -0.1) is 6.58 Å². The molecule has 0 amide bonds. The van der Waals surface area contributed by atoms with E-state index in [9.17, 15) is 5.11 Å². The molecule has 1 aromatic rings. The molecule has 1 N–H and O–H groups in total. The second kappa shape index (κ2) is 7.07. The highest BCUT2D eigenvalue weighted by molar-refractivity contribution is 5.45. The normalized spacial score (nSPS) is 12.2. The minimum absolute atomic E-state index is 0.455. The Kier molecular flexibility index (Phi) is 5.70. The van der Waals surface area contributed by atoms with Gasteiger partial charge in [0.1, 0.15) is 0 Å². The van der Waals surface area contributed by atoms with Crippen LogP contribution in [0.2, 0.25) is 0 Å². The Bertz CT molecular complexity index is 335. The summed E-state index contributed by atoms with van der Waals surface area (Å²) in [6.07, 6.45) is 5.05. The van der Waals surface area contributed by atoms with Gasteiger partial charge in [0, 0.05) is 13.1 Å². The molecule has 3 nitrogen and oxygen atoms in total. The second-order valence-electron chi connectivity index (χ2n) is 4.10. The Morgan fingerprint density at radius 3 is 2.71 bits per heavy atom. The standard InChI is InChI=1S/C14H22N2O/c1-4-9-16(10-5-2)12-7-8-13(15-11-12)14(17)6-3/h4,7-8,11,14,17H,1,5-6,9-10H2,2-3H3. The zero-order chi connectivity index (χ0) is 12.7. The van der Waals surface area contributed by atoms with Gasteiger partial charge in [-0.25, -0.2) is 0 Å². The Balaban J connectivity index is 2.79. The van der Waals surface area contributed by atoms with Gasteiger partial charge in [0.2, 0.25) is 0 Å². The predicted octanol–water partition coefficient (Wildman–Crippen LogP) is 2.93. The van der Waals surface area contributed by atoms with E-state index < -0.39 is 6.10 Å². The van der Waals surface area contributed by atoms with E-state index in [1.807, 2.05) is 31.3 Å². The van der Waals surface area contributed by atoms with Crippen LogP contribution in [0.3, 0.4) is 0 Å². The molecule has 1 rings (SSSR count). The van der Waals surface area contributed by atoms with E-state index in [0.717, 1.165) is 30.9 Å². The van der Waals surface area contributed by atoms with Crippen molar-refractivity contribution in [2.45, 2.75) is 32.8 Å². The van der Waals surface area contributed by atoms with Gasteiger partial charge < -0.3 is 10.0 Å². The number of nitrogens with zero attached hydrogens (tertiary/aromatic N) is 2. The smallest absolute Gasteiger partial charge is 0.0957 e. The van der Waals surface area contributed by atoms with Crippen LogP contribution in [0.5, 0.6) is 0 Å². The predicted molar refractivity (Wildman–Crippen MR) is 72.2 cm³/mol. The summed E-state index contributed by atoms with van der Waals surface area (Å²) in [5.41, 5.74) is 1.82. The molecule has 94 valence electrons. The summed E-state index contributed by atoms with van der Waals surface area (Å²) in [5, 5.41) is 9.67. The number of aliphatic hydroxyl groups excluding tert-OH is 1. The fourth-order valence-corrected chi connectivity index (χ4v) is 1.74. The zero-order valence-corrected chi connectivity index (χ0v) is 10.8. The SMILES string of the molecule is C=CCN(CCC)c1ccc(C(O)CC)nc1. The topological polar surface area (TPSA) is 36.4 Å². The third kappa shape index (κ3) is 3.86. The van der Waals surface area contributed by atoms with Gasteiger partial charge in [0.15, 0.2) is 0 Å². The van der Waals surface area contributed by atoms with Crippen LogP contribution in [-0.2, 0) is 0 Å². The van der Waals surface area contributed by atoms with Crippen molar-refractivity contribution in [3.05, 3.63) is 36.7 Å². The Hall–Kier alpha value is -1.35. The van der Waals surface area contributed by atoms with Crippen LogP contribution in [0.25, 0.3) is 0 Å². The molecule has 17 heavy (non-hydrogen) atoms. The Morgan fingerprint density at radius 2 is 2.24 bits per heavy atom. The number of pyridine rings is 1. The molecule has 1 heterocycles. The first-order valence-corrected chi connectivity index (χ1v) is 6.22. The highest BCUT2D eigenvalue weighted by Crippen LogP contribution is 2.18. The fraction of sp³-hybridized carbons (Fsp3) is 0.500. The molecule has 1 atom stereocenters. The van der Waals surface area contributed by atoms with Crippen LogP contribution in [0.4, 0.5) is 5.69 Å². The zero-order valence-electron chi connectivity index (χ0n) is 10.8. The lowest BCUT2D eigenvalue weighted by molar-refractivity contribution is 0.169. The monoisotopic (exact) mass is 234 g/mol.